The number of ether oxygens (including phenoxy) is 1. The average molecular weight is 425 g/mol. The van der Waals surface area contributed by atoms with Crippen molar-refractivity contribution in [2.45, 2.75) is 38.0 Å². The summed E-state index contributed by atoms with van der Waals surface area (Å²) in [5.41, 5.74) is 0.756. The summed E-state index contributed by atoms with van der Waals surface area (Å²) in [4.78, 5) is 14.7. The molecule has 6 nitrogen and oxygen atoms in total. The maximum atomic E-state index is 12.4. The van der Waals surface area contributed by atoms with Crippen LogP contribution in [0.1, 0.15) is 43.2 Å². The Morgan fingerprint density at radius 2 is 1.90 bits per heavy atom. The smallest absolute Gasteiger partial charge is 0.422 e. The summed E-state index contributed by atoms with van der Waals surface area (Å²) in [7, 11) is 0. The van der Waals surface area contributed by atoms with Crippen LogP contribution < -0.4 is 15.4 Å². The summed E-state index contributed by atoms with van der Waals surface area (Å²) in [5, 5.41) is 5.74. The second kappa shape index (κ2) is 9.88. The van der Waals surface area contributed by atoms with Gasteiger partial charge in [-0.15, -0.1) is 0 Å². The minimum Gasteiger partial charge on any atom is -0.484 e. The molecule has 30 heavy (non-hydrogen) atoms. The minimum atomic E-state index is -4.38. The highest BCUT2D eigenvalue weighted by atomic mass is 19.4. The lowest BCUT2D eigenvalue weighted by atomic mass is 10.1. The standard InChI is InChI=1S/C21H26F3N3O3/c1-15(16-6-8-17(9-7-16)30-14-21(22,23)24)26-20(28)25-13-18(19-5-4-12-29-19)27-10-2-3-11-27/h4-9,12,15,18H,2-3,10-11,13-14H2,1H3,(H2,25,26,28). The average Bonchev–Trinajstić information content (AvgIpc) is 3.41. The van der Waals surface area contributed by atoms with Crippen molar-refractivity contribution in [1.29, 1.82) is 0 Å². The van der Waals surface area contributed by atoms with Crippen molar-refractivity contribution < 1.29 is 27.1 Å². The Labute approximate surface area is 173 Å². The number of nitrogens with one attached hydrogen (secondary N) is 2. The van der Waals surface area contributed by atoms with Gasteiger partial charge in [0.1, 0.15) is 11.5 Å². The van der Waals surface area contributed by atoms with Gasteiger partial charge in [-0.1, -0.05) is 12.1 Å². The molecule has 0 radical (unpaired) electrons. The number of amides is 2. The van der Waals surface area contributed by atoms with Crippen LogP contribution >= 0.6 is 0 Å². The van der Waals surface area contributed by atoms with Crippen LogP contribution in [0.15, 0.2) is 47.1 Å². The summed E-state index contributed by atoms with van der Waals surface area (Å²) in [6, 6.07) is 9.25. The van der Waals surface area contributed by atoms with Crippen LogP contribution in [0.25, 0.3) is 0 Å². The highest BCUT2D eigenvalue weighted by molar-refractivity contribution is 5.74. The summed E-state index contributed by atoms with van der Waals surface area (Å²) in [5.74, 6) is 0.944. The number of carbonyl (C=O) groups excluding carboxylic acids is 1. The summed E-state index contributed by atoms with van der Waals surface area (Å²) >= 11 is 0. The Balaban J connectivity index is 1.50. The fourth-order valence-corrected chi connectivity index (χ4v) is 3.48. The number of carbonyl (C=O) groups is 1. The van der Waals surface area contributed by atoms with Crippen molar-refractivity contribution in [3.63, 3.8) is 0 Å². The van der Waals surface area contributed by atoms with Gasteiger partial charge in [-0.2, -0.15) is 13.2 Å². The second-order valence-electron chi connectivity index (χ2n) is 7.32. The number of hydrogen-bond donors (Lipinski definition) is 2. The normalized spacial score (nSPS) is 16.8. The van der Waals surface area contributed by atoms with Crippen LogP contribution in [0, 0.1) is 0 Å². The highest BCUT2D eigenvalue weighted by Crippen LogP contribution is 2.25. The van der Waals surface area contributed by atoms with Crippen molar-refractivity contribution in [2.75, 3.05) is 26.2 Å². The van der Waals surface area contributed by atoms with E-state index in [4.69, 9.17) is 9.15 Å². The molecule has 1 aliphatic heterocycles. The Hall–Kier alpha value is -2.68. The molecule has 1 saturated heterocycles. The molecule has 2 atom stereocenters. The lowest BCUT2D eigenvalue weighted by Gasteiger charge is -2.26. The lowest BCUT2D eigenvalue weighted by molar-refractivity contribution is -0.153. The van der Waals surface area contributed by atoms with E-state index < -0.39 is 12.8 Å². The van der Waals surface area contributed by atoms with E-state index in [2.05, 4.69) is 15.5 Å². The van der Waals surface area contributed by atoms with Crippen molar-refractivity contribution in [3.8, 4) is 5.75 Å². The first-order chi connectivity index (χ1) is 14.3. The third-order valence-corrected chi connectivity index (χ3v) is 5.04. The van der Waals surface area contributed by atoms with Gasteiger partial charge >= 0.3 is 12.2 Å². The van der Waals surface area contributed by atoms with Crippen molar-refractivity contribution in [2.24, 2.45) is 0 Å². The molecule has 0 bridgehead atoms. The first-order valence-electron chi connectivity index (χ1n) is 9.93. The van der Waals surface area contributed by atoms with Gasteiger partial charge in [-0.3, -0.25) is 4.90 Å². The van der Waals surface area contributed by atoms with Crippen LogP contribution in [0.2, 0.25) is 0 Å². The van der Waals surface area contributed by atoms with Crippen LogP contribution in [0.5, 0.6) is 5.75 Å². The quantitative estimate of drug-likeness (QED) is 0.657. The second-order valence-corrected chi connectivity index (χ2v) is 7.32. The number of benzene rings is 1. The van der Waals surface area contributed by atoms with E-state index in [1.807, 2.05) is 12.1 Å². The molecular weight excluding hydrogens is 399 g/mol. The SMILES string of the molecule is CC(NC(=O)NCC(c1ccco1)N1CCCC1)c1ccc(OCC(F)(F)F)cc1. The molecule has 1 aromatic heterocycles. The molecule has 164 valence electrons. The van der Waals surface area contributed by atoms with Crippen LogP contribution in [0.3, 0.4) is 0 Å². The predicted octanol–water partition coefficient (Wildman–Crippen LogP) is 4.42. The number of hydrogen-bond acceptors (Lipinski definition) is 4. The van der Waals surface area contributed by atoms with E-state index in [9.17, 15) is 18.0 Å². The monoisotopic (exact) mass is 425 g/mol. The number of likely N-dealkylation sites (tertiary alicyclic amines) is 1. The Morgan fingerprint density at radius 3 is 2.50 bits per heavy atom. The van der Waals surface area contributed by atoms with Gasteiger partial charge in [-0.25, -0.2) is 4.79 Å². The molecule has 2 N–H and O–H groups in total. The molecule has 1 aromatic carbocycles. The molecule has 2 amide bonds. The van der Waals surface area contributed by atoms with E-state index in [1.54, 1.807) is 25.3 Å². The number of furan rings is 1. The first-order valence-corrected chi connectivity index (χ1v) is 9.93. The zero-order valence-corrected chi connectivity index (χ0v) is 16.7. The molecule has 9 heteroatoms. The van der Waals surface area contributed by atoms with Gasteiger partial charge in [0.15, 0.2) is 6.61 Å². The molecule has 0 saturated carbocycles. The predicted molar refractivity (Wildman–Crippen MR) is 105 cm³/mol. The number of alkyl halides is 3. The first kappa shape index (κ1) is 22.0. The van der Waals surface area contributed by atoms with E-state index in [1.165, 1.54) is 12.1 Å². The fraction of sp³-hybridized carbons (Fsp3) is 0.476. The molecule has 1 aliphatic rings. The molecule has 0 aliphatic carbocycles. The summed E-state index contributed by atoms with van der Waals surface area (Å²) < 4.78 is 46.9. The van der Waals surface area contributed by atoms with Gasteiger partial charge in [0.2, 0.25) is 0 Å². The molecule has 3 rings (SSSR count). The topological polar surface area (TPSA) is 66.7 Å². The van der Waals surface area contributed by atoms with Gasteiger partial charge in [-0.05, 0) is 62.7 Å². The van der Waals surface area contributed by atoms with E-state index in [-0.39, 0.29) is 23.9 Å². The molecular formula is C21H26F3N3O3. The molecule has 0 spiro atoms. The number of rotatable bonds is 8. The highest BCUT2D eigenvalue weighted by Gasteiger charge is 2.28. The zero-order valence-electron chi connectivity index (χ0n) is 16.7. The molecule has 2 aromatic rings. The summed E-state index contributed by atoms with van der Waals surface area (Å²) in [6.45, 7) is 2.81. The maximum Gasteiger partial charge on any atom is 0.422 e. The Bertz CT molecular complexity index is 788. The van der Waals surface area contributed by atoms with Crippen molar-refractivity contribution >= 4 is 6.03 Å². The third kappa shape index (κ3) is 6.41. The van der Waals surface area contributed by atoms with Crippen molar-refractivity contribution in [1.82, 2.24) is 15.5 Å². The maximum absolute atomic E-state index is 12.4. The van der Waals surface area contributed by atoms with Gasteiger partial charge in [0, 0.05) is 6.54 Å². The van der Waals surface area contributed by atoms with E-state index in [0.29, 0.717) is 6.54 Å². The third-order valence-electron chi connectivity index (χ3n) is 5.04. The van der Waals surface area contributed by atoms with Crippen molar-refractivity contribution in [3.05, 3.63) is 54.0 Å². The van der Waals surface area contributed by atoms with Crippen LogP contribution in [0.4, 0.5) is 18.0 Å². The Morgan fingerprint density at radius 1 is 1.20 bits per heavy atom. The van der Waals surface area contributed by atoms with E-state index >= 15 is 0 Å². The number of nitrogens with zero attached hydrogens (tertiary/aromatic N) is 1. The minimum absolute atomic E-state index is 0.0198. The summed E-state index contributed by atoms with van der Waals surface area (Å²) in [6.07, 6.45) is -0.497. The Kier molecular flexibility index (Phi) is 7.25. The van der Waals surface area contributed by atoms with Gasteiger partial charge < -0.3 is 19.8 Å². The molecule has 2 unspecified atom stereocenters. The van der Waals surface area contributed by atoms with Gasteiger partial charge in [0.25, 0.3) is 0 Å². The number of urea groups is 1. The van der Waals surface area contributed by atoms with Gasteiger partial charge in [0.05, 0.1) is 18.3 Å². The van der Waals surface area contributed by atoms with E-state index in [0.717, 1.165) is 37.3 Å². The number of halogens is 3. The fourth-order valence-electron chi connectivity index (χ4n) is 3.48. The van der Waals surface area contributed by atoms with Crippen LogP contribution in [-0.2, 0) is 0 Å². The molecule has 1 fully saturated rings. The molecule has 2 heterocycles. The zero-order chi connectivity index (χ0) is 21.6. The largest absolute Gasteiger partial charge is 0.484 e. The van der Waals surface area contributed by atoms with Crippen LogP contribution in [-0.4, -0.2) is 43.3 Å². The lowest BCUT2D eigenvalue weighted by Crippen LogP contribution is -2.42.